The lowest BCUT2D eigenvalue weighted by Gasteiger charge is -2.36. The summed E-state index contributed by atoms with van der Waals surface area (Å²) in [6, 6.07) is 77.6. The molecule has 3 N–H and O–H groups in total. The van der Waals surface area contributed by atoms with Crippen molar-refractivity contribution >= 4 is 49.1 Å². The highest BCUT2D eigenvalue weighted by Gasteiger charge is 2.54. The summed E-state index contributed by atoms with van der Waals surface area (Å²) < 4.78 is 92.2. The number of ether oxygens (including phenoxy) is 7. The van der Waals surface area contributed by atoms with Crippen LogP contribution >= 0.6 is 0 Å². The number of nitrogens with zero attached hydrogens (tertiary/aromatic N) is 5. The fourth-order valence-electron chi connectivity index (χ4n) is 18.1. The third-order valence-electron chi connectivity index (χ3n) is 26.5. The van der Waals surface area contributed by atoms with Crippen LogP contribution in [0, 0.1) is 20.8 Å². The first-order chi connectivity index (χ1) is 64.0. The summed E-state index contributed by atoms with van der Waals surface area (Å²) in [6.07, 6.45) is 16.0. The molecule has 4 aliphatic carbocycles. The smallest absolute Gasteiger partial charge is 0.240 e. The summed E-state index contributed by atoms with van der Waals surface area (Å²) in [7, 11) is -4.11. The monoisotopic (exact) mass is 1810 g/mol. The first kappa shape index (κ1) is 90.4. The van der Waals surface area contributed by atoms with Gasteiger partial charge in [0.05, 0.1) is 55.6 Å². The maximum Gasteiger partial charge on any atom is 0.240 e. The van der Waals surface area contributed by atoms with Gasteiger partial charge in [-0.05, 0) is 251 Å². The quantitative estimate of drug-likeness (QED) is 0.0410. The molecule has 23 nitrogen and oxygen atoms in total. The summed E-state index contributed by atoms with van der Waals surface area (Å²) in [4.78, 5) is 76.9. The summed E-state index contributed by atoms with van der Waals surface area (Å²) in [6.45, 7) is 9.32. The minimum atomic E-state index is -3.65. The van der Waals surface area contributed by atoms with E-state index in [2.05, 4.69) is 69.8 Å². The number of carbonyl (C=O) groups excluding carboxylic acids is 4. The van der Waals surface area contributed by atoms with E-state index in [1.165, 1.54) is 23.7 Å². The zero-order valence-electron chi connectivity index (χ0n) is 74.6. The summed E-state index contributed by atoms with van der Waals surface area (Å²) >= 11 is 0. The highest BCUT2D eigenvalue weighted by atomic mass is 32.2. The van der Waals surface area contributed by atoms with E-state index < -0.39 is 41.7 Å². The van der Waals surface area contributed by atoms with Crippen molar-refractivity contribution in [1.29, 1.82) is 0 Å². The number of ketones is 3. The molecule has 4 fully saturated rings. The van der Waals surface area contributed by atoms with Crippen LogP contribution in [0.5, 0.6) is 40.2 Å². The highest BCUT2D eigenvalue weighted by molar-refractivity contribution is 7.89. The van der Waals surface area contributed by atoms with Crippen LogP contribution in [-0.4, -0.2) is 106 Å². The first-order valence-electron chi connectivity index (χ1n) is 44.8. The van der Waals surface area contributed by atoms with Crippen LogP contribution < -0.4 is 47.9 Å². The molecule has 4 saturated carbocycles. The predicted molar refractivity (Wildman–Crippen MR) is 509 cm³/mol. The molecule has 0 unspecified atom stereocenters. The van der Waals surface area contributed by atoms with Crippen LogP contribution in [0.15, 0.2) is 271 Å². The Morgan fingerprint density at radius 3 is 1.45 bits per heavy atom. The summed E-state index contributed by atoms with van der Waals surface area (Å²) in [5.41, 5.74) is 17.3. The lowest BCUT2D eigenvalue weighted by Crippen LogP contribution is -2.42. The van der Waals surface area contributed by atoms with E-state index in [4.69, 9.17) is 48.1 Å². The average molecular weight is 1810 g/mol. The van der Waals surface area contributed by atoms with Gasteiger partial charge in [0.2, 0.25) is 46.3 Å². The van der Waals surface area contributed by atoms with E-state index in [-0.39, 0.29) is 69.2 Å². The van der Waals surface area contributed by atoms with Gasteiger partial charge in [-0.3, -0.25) is 39.1 Å². The second-order valence-corrected chi connectivity index (χ2v) is 38.1. The molecule has 0 spiro atoms. The van der Waals surface area contributed by atoms with Crippen LogP contribution in [-0.2, 0) is 93.0 Å². The highest BCUT2D eigenvalue weighted by Crippen LogP contribution is 2.55. The molecule has 3 aliphatic heterocycles. The second-order valence-electron chi connectivity index (χ2n) is 34.4. The van der Waals surface area contributed by atoms with Gasteiger partial charge in [-0.15, -0.1) is 0 Å². The number of carbonyl (C=O) groups is 4. The van der Waals surface area contributed by atoms with Gasteiger partial charge in [0.25, 0.3) is 0 Å². The Morgan fingerprint density at radius 2 is 0.924 bits per heavy atom. The Balaban J connectivity index is 0.000000136. The van der Waals surface area contributed by atoms with Crippen molar-refractivity contribution in [3.05, 3.63) is 329 Å². The Labute approximate surface area is 772 Å². The molecule has 132 heavy (non-hydrogen) atoms. The lowest BCUT2D eigenvalue weighted by atomic mass is 9.68. The third-order valence-corrected chi connectivity index (χ3v) is 29.4. The third kappa shape index (κ3) is 19.6. The van der Waals surface area contributed by atoms with Crippen molar-refractivity contribution < 1.29 is 72.0 Å². The molecule has 5 aromatic heterocycles. The van der Waals surface area contributed by atoms with Crippen molar-refractivity contribution in [1.82, 2.24) is 34.4 Å². The number of rotatable bonds is 28. The topological polar surface area (TPSA) is 302 Å². The number of benzene rings is 8. The number of fused-ring (bicyclic) bond motifs is 3. The molecular formula is C107H108N8O15S2. The van der Waals surface area contributed by atoms with Crippen molar-refractivity contribution in [3.63, 3.8) is 0 Å². The molecule has 0 radical (unpaired) electrons. The fraction of sp³-hybridized carbons (Fsp3) is 0.280. The molecule has 8 aromatic carbocycles. The number of hydrogen-bond acceptors (Lipinski definition) is 20. The largest absolute Gasteiger partial charge is 0.497 e. The van der Waals surface area contributed by atoms with Gasteiger partial charge in [-0.25, -0.2) is 31.3 Å². The Morgan fingerprint density at radius 1 is 0.424 bits per heavy atom. The minimum absolute atomic E-state index is 0. The van der Waals surface area contributed by atoms with E-state index in [0.717, 1.165) is 184 Å². The van der Waals surface area contributed by atoms with Gasteiger partial charge in [0.1, 0.15) is 28.9 Å². The molecule has 678 valence electrons. The zero-order chi connectivity index (χ0) is 91.8. The SMILES string of the molecule is CCc1ccccc1-c1cnc(CC(=O)C2(c3ccc4c(c3)OCO4)CC2)c(C)c1C.CNS(=O)(=O)c1ccc(-c2cccc(NC(=O)C3(c4ccccc4)CCCCC3)n2)cc1.COc1ccc(-c2ccc(CC(=O)C3(c4ccc5c(c4)OCO5)CC3)nc2C)cc1.O=C(Cc1cccc(-c2ccc(S(=O)(=O)NCCc3ccccn3)cc2)n1)C1(c2ccc3c(c2)OCO3)CC1.[HH].[HH]. The van der Waals surface area contributed by atoms with E-state index in [0.29, 0.717) is 53.7 Å². The van der Waals surface area contributed by atoms with Gasteiger partial charge in [0.15, 0.2) is 34.5 Å². The number of sulfonamides is 2. The van der Waals surface area contributed by atoms with Crippen molar-refractivity contribution in [2.75, 3.05) is 46.4 Å². The minimum Gasteiger partial charge on any atom is -0.497 e. The maximum absolute atomic E-state index is 13.5. The first-order valence-corrected chi connectivity index (χ1v) is 47.8. The predicted octanol–water partition coefficient (Wildman–Crippen LogP) is 19.4. The molecule has 8 heterocycles. The van der Waals surface area contributed by atoms with Crippen molar-refractivity contribution in [2.24, 2.45) is 0 Å². The fourth-order valence-corrected chi connectivity index (χ4v) is 19.8. The number of pyridine rings is 5. The van der Waals surface area contributed by atoms with E-state index in [9.17, 15) is 36.0 Å². The molecule has 13 aromatic rings. The summed E-state index contributed by atoms with van der Waals surface area (Å²) in [5, 5.41) is 3.05. The van der Waals surface area contributed by atoms with Crippen LogP contribution in [0.3, 0.4) is 0 Å². The number of anilines is 1. The van der Waals surface area contributed by atoms with Gasteiger partial charge in [-0.2, -0.15) is 0 Å². The van der Waals surface area contributed by atoms with E-state index in [1.807, 2.05) is 183 Å². The zero-order valence-corrected chi connectivity index (χ0v) is 76.3. The van der Waals surface area contributed by atoms with Gasteiger partial charge in [0, 0.05) is 92.5 Å². The van der Waals surface area contributed by atoms with E-state index >= 15 is 0 Å². The van der Waals surface area contributed by atoms with Crippen LogP contribution in [0.4, 0.5) is 5.82 Å². The molecule has 1 amide bonds. The van der Waals surface area contributed by atoms with Gasteiger partial charge >= 0.3 is 0 Å². The molecular weight excluding hydrogens is 1700 g/mol. The normalized spacial score (nSPS) is 15.6. The van der Waals surface area contributed by atoms with Gasteiger partial charge < -0.3 is 38.5 Å². The molecule has 0 atom stereocenters. The number of aromatic nitrogens is 5. The van der Waals surface area contributed by atoms with Crippen LogP contribution in [0.2, 0.25) is 0 Å². The Hall–Kier alpha value is -13.6. The number of Topliss-reactive ketones (excluding diaryl/α,β-unsaturated/α-hetero) is 3. The molecule has 25 heteroatoms. The number of amides is 1. The standard InChI is InChI=1S/C30H27N3O5S.C27H27NO3.C25H27N3O3S.C25H23NO4.2H2/c34-29(30(14-15-30)22-9-12-27-28(18-22)38-20-37-27)19-24-5-3-6-26(33-24)21-7-10-25(11-8-21)39(35,36)32-17-13-23-4-1-2-16-31-23;1-4-19-7-5-6-8-21(19)22-15-28-23(18(3)17(22)2)14-26(29)27(11-12-27)20-9-10-24-25(13-20)31-16-30-24;1-26-32(30,31)21-15-13-19(14-16-21)22-11-8-12-23(27-22)28-24(29)25(17-6-3-7-18-25)20-9-4-2-5-10-20;1-16-21(17-3-7-20(28-2)8-4-17)9-6-19(26-16)14-24(27)25(11-12-25)18-5-10-22-23(13-18)30-15-29-22;;/h1-12,16,18,32H,13-15,17,19-20H2;5-10,13,15H,4,11-12,14,16H2,1-3H3;2,4-5,8-16,26H,3,6-7,17-18H2,1H3,(H,27,28,29);3-10,13H,11-12,14-15H2,1-2H3;2*1H. The number of hydrogen-bond donors (Lipinski definition) is 3. The molecule has 20 rings (SSSR count). The maximum atomic E-state index is 13.5. The van der Waals surface area contributed by atoms with Crippen LogP contribution in [0.1, 0.15) is 148 Å². The number of methoxy groups -OCH3 is 1. The lowest BCUT2D eigenvalue weighted by molar-refractivity contribution is -0.123. The summed E-state index contributed by atoms with van der Waals surface area (Å²) in [5.74, 6) is 6.21. The average Bonchev–Trinajstić information content (AvgIpc) is 1.60. The van der Waals surface area contributed by atoms with E-state index in [1.54, 1.807) is 67.9 Å². The Kier molecular flexibility index (Phi) is 26.6. The van der Waals surface area contributed by atoms with Crippen molar-refractivity contribution in [3.8, 4) is 85.0 Å². The van der Waals surface area contributed by atoms with Crippen LogP contribution in [0.25, 0.3) is 44.8 Å². The second kappa shape index (κ2) is 38.8. The Bertz CT molecular complexity index is 6720. The molecule has 7 aliphatic rings. The van der Waals surface area contributed by atoms with Crippen molar-refractivity contribution in [2.45, 2.75) is 162 Å². The molecule has 0 saturated heterocycles. The molecule has 0 bridgehead atoms. The number of nitrogens with one attached hydrogen (secondary N) is 3. The number of aryl methyl sites for hydroxylation is 2. The van der Waals surface area contributed by atoms with Gasteiger partial charge in [-0.1, -0.05) is 160 Å².